The van der Waals surface area contributed by atoms with Crippen molar-refractivity contribution in [3.63, 3.8) is 0 Å². The maximum absolute atomic E-state index is 12.6. The summed E-state index contributed by atoms with van der Waals surface area (Å²) in [5, 5.41) is 3.14. The number of hydrogen-bond acceptors (Lipinski definition) is 5. The first-order valence-corrected chi connectivity index (χ1v) is 8.60. The second-order valence-corrected chi connectivity index (χ2v) is 6.23. The number of rotatable bonds is 5. The summed E-state index contributed by atoms with van der Waals surface area (Å²) < 4.78 is 5.87. The van der Waals surface area contributed by atoms with Crippen LogP contribution < -0.4 is 5.32 Å². The van der Waals surface area contributed by atoms with Gasteiger partial charge >= 0.3 is 0 Å². The standard InChI is InChI=1S/C19H24N4O2/c1-14-10-16(20-2)11-17(22-14)18-13-23(8-9-25-18)19(24)6-5-15-4-3-7-21-12-15/h3-4,7,10-12,18H,5-6,8-9,13H2,1-2H3,(H,20,22)/t18-/m0/s1. The van der Waals surface area contributed by atoms with Crippen LogP contribution in [-0.4, -0.2) is 47.5 Å². The number of carbonyl (C=O) groups excluding carboxylic acids is 1. The van der Waals surface area contributed by atoms with Crippen LogP contribution in [0.1, 0.15) is 29.5 Å². The zero-order valence-corrected chi connectivity index (χ0v) is 14.7. The van der Waals surface area contributed by atoms with Crippen molar-refractivity contribution in [1.29, 1.82) is 0 Å². The molecule has 1 atom stereocenters. The molecule has 3 heterocycles. The number of ether oxygens (including phenoxy) is 1. The lowest BCUT2D eigenvalue weighted by atomic mass is 10.1. The number of amides is 1. The van der Waals surface area contributed by atoms with E-state index in [1.54, 1.807) is 6.20 Å². The van der Waals surface area contributed by atoms with Gasteiger partial charge in [0.1, 0.15) is 6.10 Å². The molecule has 1 fully saturated rings. The van der Waals surface area contributed by atoms with Crippen LogP contribution in [0.4, 0.5) is 5.69 Å². The first-order valence-electron chi connectivity index (χ1n) is 8.60. The number of hydrogen-bond donors (Lipinski definition) is 1. The highest BCUT2D eigenvalue weighted by Gasteiger charge is 2.26. The van der Waals surface area contributed by atoms with Crippen molar-refractivity contribution < 1.29 is 9.53 Å². The Morgan fingerprint density at radius 1 is 1.44 bits per heavy atom. The van der Waals surface area contributed by atoms with Crippen molar-refractivity contribution in [1.82, 2.24) is 14.9 Å². The molecule has 0 bridgehead atoms. The Morgan fingerprint density at radius 2 is 2.32 bits per heavy atom. The SMILES string of the molecule is CNc1cc(C)nc([C@@H]2CN(C(=O)CCc3cccnc3)CCO2)c1. The molecular weight excluding hydrogens is 316 g/mol. The summed E-state index contributed by atoms with van der Waals surface area (Å²) in [5.74, 6) is 0.152. The van der Waals surface area contributed by atoms with Crippen LogP contribution in [0.5, 0.6) is 0 Å². The molecule has 0 saturated carbocycles. The zero-order valence-electron chi connectivity index (χ0n) is 14.7. The fourth-order valence-corrected chi connectivity index (χ4v) is 3.01. The van der Waals surface area contributed by atoms with E-state index in [-0.39, 0.29) is 12.0 Å². The van der Waals surface area contributed by atoms with Crippen molar-refractivity contribution in [2.45, 2.75) is 25.9 Å². The highest BCUT2D eigenvalue weighted by atomic mass is 16.5. The van der Waals surface area contributed by atoms with Gasteiger partial charge in [0.25, 0.3) is 0 Å². The van der Waals surface area contributed by atoms with E-state index >= 15 is 0 Å². The van der Waals surface area contributed by atoms with E-state index in [2.05, 4.69) is 15.3 Å². The molecular formula is C19H24N4O2. The molecule has 2 aromatic rings. The highest BCUT2D eigenvalue weighted by molar-refractivity contribution is 5.76. The molecule has 1 aliphatic heterocycles. The van der Waals surface area contributed by atoms with Gasteiger partial charge in [0, 0.05) is 43.8 Å². The number of aryl methyl sites for hydroxylation is 2. The van der Waals surface area contributed by atoms with E-state index in [0.717, 1.165) is 22.6 Å². The molecule has 1 N–H and O–H groups in total. The lowest BCUT2D eigenvalue weighted by Crippen LogP contribution is -2.42. The molecule has 3 rings (SSSR count). The summed E-state index contributed by atoms with van der Waals surface area (Å²) in [5.41, 5.74) is 3.89. The zero-order chi connectivity index (χ0) is 17.6. The number of nitrogens with one attached hydrogen (secondary N) is 1. The van der Waals surface area contributed by atoms with Crippen molar-refractivity contribution in [3.05, 3.63) is 53.6 Å². The van der Waals surface area contributed by atoms with Crippen LogP contribution in [0.2, 0.25) is 0 Å². The lowest BCUT2D eigenvalue weighted by Gasteiger charge is -2.33. The number of carbonyl (C=O) groups is 1. The monoisotopic (exact) mass is 340 g/mol. The van der Waals surface area contributed by atoms with Gasteiger partial charge in [0.15, 0.2) is 0 Å². The summed E-state index contributed by atoms with van der Waals surface area (Å²) >= 11 is 0. The van der Waals surface area contributed by atoms with Gasteiger partial charge in [-0.1, -0.05) is 6.07 Å². The van der Waals surface area contributed by atoms with E-state index in [9.17, 15) is 4.79 Å². The van der Waals surface area contributed by atoms with Crippen molar-refractivity contribution in [2.24, 2.45) is 0 Å². The number of aromatic nitrogens is 2. The molecule has 0 unspecified atom stereocenters. The molecule has 1 amide bonds. The Hall–Kier alpha value is -2.47. The minimum atomic E-state index is -0.178. The minimum absolute atomic E-state index is 0.152. The maximum atomic E-state index is 12.6. The second-order valence-electron chi connectivity index (χ2n) is 6.23. The van der Waals surface area contributed by atoms with E-state index < -0.39 is 0 Å². The topological polar surface area (TPSA) is 67.4 Å². The average Bonchev–Trinajstić information content (AvgIpc) is 2.66. The normalized spacial score (nSPS) is 17.4. The van der Waals surface area contributed by atoms with Crippen LogP contribution >= 0.6 is 0 Å². The van der Waals surface area contributed by atoms with Crippen molar-refractivity contribution >= 4 is 11.6 Å². The van der Waals surface area contributed by atoms with E-state index in [1.807, 2.05) is 49.3 Å². The van der Waals surface area contributed by atoms with Crippen LogP contribution in [-0.2, 0) is 16.0 Å². The average molecular weight is 340 g/mol. The molecule has 0 radical (unpaired) electrons. The Balaban J connectivity index is 1.62. The molecule has 25 heavy (non-hydrogen) atoms. The first kappa shape index (κ1) is 17.4. The predicted molar refractivity (Wildman–Crippen MR) is 96.4 cm³/mol. The summed E-state index contributed by atoms with van der Waals surface area (Å²) in [4.78, 5) is 23.1. The lowest BCUT2D eigenvalue weighted by molar-refractivity contribution is -0.139. The second kappa shape index (κ2) is 8.07. The van der Waals surface area contributed by atoms with Crippen molar-refractivity contribution in [2.75, 3.05) is 32.1 Å². The summed E-state index contributed by atoms with van der Waals surface area (Å²) in [6.45, 7) is 3.68. The fraction of sp³-hybridized carbons (Fsp3) is 0.421. The largest absolute Gasteiger partial charge is 0.388 e. The molecule has 0 spiro atoms. The molecule has 6 nitrogen and oxygen atoms in total. The van der Waals surface area contributed by atoms with E-state index in [1.165, 1.54) is 0 Å². The molecule has 0 aromatic carbocycles. The fourth-order valence-electron chi connectivity index (χ4n) is 3.01. The number of anilines is 1. The van der Waals surface area contributed by atoms with Crippen LogP contribution in [0, 0.1) is 6.92 Å². The van der Waals surface area contributed by atoms with Gasteiger partial charge < -0.3 is 15.0 Å². The van der Waals surface area contributed by atoms with Crippen LogP contribution in [0.25, 0.3) is 0 Å². The Morgan fingerprint density at radius 3 is 3.08 bits per heavy atom. The Labute approximate surface area is 148 Å². The molecule has 1 aliphatic rings. The summed E-state index contributed by atoms with van der Waals surface area (Å²) in [6.07, 6.45) is 4.57. The number of nitrogens with zero attached hydrogens (tertiary/aromatic N) is 3. The number of pyridine rings is 2. The Kier molecular flexibility index (Phi) is 5.60. The molecule has 132 valence electrons. The molecule has 6 heteroatoms. The smallest absolute Gasteiger partial charge is 0.223 e. The first-order chi connectivity index (χ1) is 12.2. The third-order valence-corrected chi connectivity index (χ3v) is 4.36. The van der Waals surface area contributed by atoms with E-state index in [4.69, 9.17) is 4.74 Å². The van der Waals surface area contributed by atoms with Gasteiger partial charge in [0.05, 0.1) is 18.8 Å². The molecule has 1 saturated heterocycles. The highest BCUT2D eigenvalue weighted by Crippen LogP contribution is 2.24. The predicted octanol–water partition coefficient (Wildman–Crippen LogP) is 2.36. The molecule has 0 aliphatic carbocycles. The van der Waals surface area contributed by atoms with Gasteiger partial charge in [-0.05, 0) is 37.1 Å². The van der Waals surface area contributed by atoms with Gasteiger partial charge in [-0.25, -0.2) is 0 Å². The van der Waals surface area contributed by atoms with Gasteiger partial charge in [-0.2, -0.15) is 0 Å². The van der Waals surface area contributed by atoms with Gasteiger partial charge in [-0.15, -0.1) is 0 Å². The summed E-state index contributed by atoms with van der Waals surface area (Å²) in [7, 11) is 1.88. The quantitative estimate of drug-likeness (QED) is 0.905. The van der Waals surface area contributed by atoms with Crippen LogP contribution in [0.15, 0.2) is 36.7 Å². The van der Waals surface area contributed by atoms with Crippen LogP contribution in [0.3, 0.4) is 0 Å². The summed E-state index contributed by atoms with van der Waals surface area (Å²) in [6, 6.07) is 7.87. The Bertz CT molecular complexity index is 721. The van der Waals surface area contributed by atoms with E-state index in [0.29, 0.717) is 32.5 Å². The third kappa shape index (κ3) is 4.54. The molecule has 2 aromatic heterocycles. The van der Waals surface area contributed by atoms with Gasteiger partial charge in [0.2, 0.25) is 5.91 Å². The van der Waals surface area contributed by atoms with Gasteiger partial charge in [-0.3, -0.25) is 14.8 Å². The third-order valence-electron chi connectivity index (χ3n) is 4.36. The van der Waals surface area contributed by atoms with Crippen molar-refractivity contribution in [3.8, 4) is 0 Å². The maximum Gasteiger partial charge on any atom is 0.223 e. The number of morpholine rings is 1. The minimum Gasteiger partial charge on any atom is -0.388 e.